The van der Waals surface area contributed by atoms with Gasteiger partial charge in [0.1, 0.15) is 23.4 Å². The van der Waals surface area contributed by atoms with Gasteiger partial charge in [-0.15, -0.1) is 0 Å². The molecule has 168 valence electrons. The van der Waals surface area contributed by atoms with Gasteiger partial charge in [0.15, 0.2) is 0 Å². The summed E-state index contributed by atoms with van der Waals surface area (Å²) in [7, 11) is 1.58. The molecule has 9 heteroatoms. The van der Waals surface area contributed by atoms with E-state index in [1.807, 2.05) is 0 Å². The van der Waals surface area contributed by atoms with Gasteiger partial charge in [0.25, 0.3) is 0 Å². The first-order valence-corrected chi connectivity index (χ1v) is 11.5. The lowest BCUT2D eigenvalue weighted by Gasteiger charge is -2.26. The molecule has 32 heavy (non-hydrogen) atoms. The van der Waals surface area contributed by atoms with Gasteiger partial charge in [-0.05, 0) is 38.1 Å². The second-order valence-corrected chi connectivity index (χ2v) is 8.23. The van der Waals surface area contributed by atoms with Crippen LogP contribution in [0.15, 0.2) is 29.3 Å². The summed E-state index contributed by atoms with van der Waals surface area (Å²) < 4.78 is 10.4. The van der Waals surface area contributed by atoms with Crippen LogP contribution in [-0.2, 0) is 22.5 Å². The number of rotatable bonds is 8. The number of carbonyl (C=O) groups excluding carboxylic acids is 2. The summed E-state index contributed by atoms with van der Waals surface area (Å²) in [6.45, 7) is 6.51. The van der Waals surface area contributed by atoms with Crippen LogP contribution >= 0.6 is 11.8 Å². The van der Waals surface area contributed by atoms with Gasteiger partial charge in [0.05, 0.1) is 49.4 Å². The number of carbonyl (C=O) groups is 2. The quantitative estimate of drug-likeness (QED) is 0.462. The summed E-state index contributed by atoms with van der Waals surface area (Å²) in [6, 6.07) is 9.15. The number of ether oxygens (including phenoxy) is 2. The van der Waals surface area contributed by atoms with E-state index in [1.165, 1.54) is 4.90 Å². The fourth-order valence-corrected chi connectivity index (χ4v) is 4.43. The molecule has 0 saturated carbocycles. The van der Waals surface area contributed by atoms with Gasteiger partial charge in [0.2, 0.25) is 5.91 Å². The number of fused-ring (bicyclic) bond motifs is 1. The van der Waals surface area contributed by atoms with E-state index in [-0.39, 0.29) is 23.8 Å². The summed E-state index contributed by atoms with van der Waals surface area (Å²) in [5, 5.41) is 13.1. The summed E-state index contributed by atoms with van der Waals surface area (Å²) in [5.74, 6) is 0.0119. The second kappa shape index (κ2) is 11.0. The Hall–Kier alpha value is -3.09. The fourth-order valence-electron chi connectivity index (χ4n) is 3.62. The van der Waals surface area contributed by atoms with Crippen LogP contribution in [0.4, 0.5) is 5.69 Å². The van der Waals surface area contributed by atoms with Crippen LogP contribution in [0, 0.1) is 11.3 Å². The molecule has 2 aromatic rings. The maximum atomic E-state index is 12.8. The third-order valence-electron chi connectivity index (χ3n) is 5.30. The molecule has 0 radical (unpaired) electrons. The van der Waals surface area contributed by atoms with Crippen molar-refractivity contribution in [3.05, 3.63) is 46.6 Å². The highest BCUT2D eigenvalue weighted by Gasteiger charge is 2.31. The molecule has 2 heterocycles. The highest BCUT2D eigenvalue weighted by molar-refractivity contribution is 8.00. The van der Waals surface area contributed by atoms with E-state index in [0.29, 0.717) is 35.0 Å². The lowest BCUT2D eigenvalue weighted by molar-refractivity contribution is -0.914. The SMILES string of the molecule is CCOC(=O)c1c(C#N)c(SCC(=O)Nc2ccc(OC)cc2)nc2c1C[NH+](CC)CC2. The number of hydrogen-bond acceptors (Lipinski definition) is 7. The van der Waals surface area contributed by atoms with Crippen LogP contribution in [0.1, 0.15) is 41.0 Å². The van der Waals surface area contributed by atoms with E-state index in [4.69, 9.17) is 9.47 Å². The van der Waals surface area contributed by atoms with Gasteiger partial charge in [-0.25, -0.2) is 9.78 Å². The van der Waals surface area contributed by atoms with Gasteiger partial charge >= 0.3 is 5.97 Å². The molecule has 0 bridgehead atoms. The van der Waals surface area contributed by atoms with E-state index in [1.54, 1.807) is 38.3 Å². The first-order chi connectivity index (χ1) is 15.5. The number of thioether (sulfide) groups is 1. The number of anilines is 1. The number of quaternary nitrogens is 1. The van der Waals surface area contributed by atoms with Crippen molar-refractivity contribution in [2.75, 3.05) is 37.9 Å². The molecule has 0 saturated heterocycles. The largest absolute Gasteiger partial charge is 0.497 e. The zero-order chi connectivity index (χ0) is 23.1. The first kappa shape index (κ1) is 23.6. The van der Waals surface area contributed by atoms with Crippen molar-refractivity contribution in [3.63, 3.8) is 0 Å². The van der Waals surface area contributed by atoms with Crippen molar-refractivity contribution in [3.8, 4) is 11.8 Å². The predicted molar refractivity (Wildman–Crippen MR) is 121 cm³/mol. The predicted octanol–water partition coefficient (Wildman–Crippen LogP) is 1.83. The molecule has 1 atom stereocenters. The van der Waals surface area contributed by atoms with Crippen LogP contribution in [0.5, 0.6) is 5.75 Å². The first-order valence-electron chi connectivity index (χ1n) is 10.5. The van der Waals surface area contributed by atoms with E-state index >= 15 is 0 Å². The Kier molecular flexibility index (Phi) is 8.09. The zero-order valence-electron chi connectivity index (χ0n) is 18.5. The Bertz CT molecular complexity index is 1030. The minimum absolute atomic E-state index is 0.0566. The highest BCUT2D eigenvalue weighted by Crippen LogP contribution is 2.29. The third kappa shape index (κ3) is 5.39. The molecule has 0 spiro atoms. The van der Waals surface area contributed by atoms with E-state index in [9.17, 15) is 14.9 Å². The van der Waals surface area contributed by atoms with Gasteiger partial charge in [0, 0.05) is 17.7 Å². The van der Waals surface area contributed by atoms with Crippen LogP contribution in [-0.4, -0.2) is 49.4 Å². The summed E-state index contributed by atoms with van der Waals surface area (Å²) in [5.41, 5.74) is 2.72. The number of amides is 1. The van der Waals surface area contributed by atoms with Gasteiger partial charge in [-0.1, -0.05) is 11.8 Å². The van der Waals surface area contributed by atoms with Crippen LogP contribution in [0.2, 0.25) is 0 Å². The monoisotopic (exact) mass is 455 g/mol. The number of hydrogen-bond donors (Lipinski definition) is 2. The standard InChI is InChI=1S/C23H26N4O4S/c1-4-27-11-10-19-18(13-27)21(23(29)31-5-2)17(12-24)22(26-19)32-14-20(28)25-15-6-8-16(30-3)9-7-15/h6-9H,4-5,10-11,13-14H2,1-3H3,(H,25,28)/p+1. The van der Waals surface area contributed by atoms with E-state index in [2.05, 4.69) is 23.3 Å². The average Bonchev–Trinajstić information content (AvgIpc) is 2.81. The number of likely N-dealkylation sites (N-methyl/N-ethyl adjacent to an activating group) is 1. The van der Waals surface area contributed by atoms with Crippen LogP contribution < -0.4 is 15.0 Å². The Morgan fingerprint density at radius 3 is 2.66 bits per heavy atom. The topological polar surface area (TPSA) is 106 Å². The van der Waals surface area contributed by atoms with Gasteiger partial charge in [-0.2, -0.15) is 5.26 Å². The van der Waals surface area contributed by atoms with Crippen LogP contribution in [0.25, 0.3) is 0 Å². The minimum atomic E-state index is -0.510. The molecule has 1 aliphatic rings. The Labute approximate surface area is 191 Å². The second-order valence-electron chi connectivity index (χ2n) is 7.27. The summed E-state index contributed by atoms with van der Waals surface area (Å²) >= 11 is 1.15. The number of nitrogens with one attached hydrogen (secondary N) is 2. The summed E-state index contributed by atoms with van der Waals surface area (Å²) in [4.78, 5) is 31.2. The highest BCUT2D eigenvalue weighted by atomic mass is 32.2. The van der Waals surface area contributed by atoms with Gasteiger partial charge < -0.3 is 19.7 Å². The number of methoxy groups -OCH3 is 1. The number of benzene rings is 1. The normalized spacial score (nSPS) is 14.8. The van der Waals surface area contributed by atoms with Crippen molar-refractivity contribution in [1.29, 1.82) is 5.26 Å². The van der Waals surface area contributed by atoms with Crippen molar-refractivity contribution in [2.24, 2.45) is 0 Å². The molecule has 1 aromatic carbocycles. The van der Waals surface area contributed by atoms with Gasteiger partial charge in [-0.3, -0.25) is 4.79 Å². The maximum Gasteiger partial charge on any atom is 0.340 e. The number of aromatic nitrogens is 1. The Morgan fingerprint density at radius 1 is 1.28 bits per heavy atom. The van der Waals surface area contributed by atoms with Crippen molar-refractivity contribution < 1.29 is 24.0 Å². The van der Waals surface area contributed by atoms with Crippen molar-refractivity contribution in [2.45, 2.75) is 31.8 Å². The maximum absolute atomic E-state index is 12.8. The number of nitriles is 1. The third-order valence-corrected chi connectivity index (χ3v) is 6.27. The molecule has 1 amide bonds. The molecule has 2 N–H and O–H groups in total. The molecular formula is C23H27N4O4S+. The molecule has 0 fully saturated rings. The zero-order valence-corrected chi connectivity index (χ0v) is 19.3. The molecule has 0 aliphatic carbocycles. The smallest absolute Gasteiger partial charge is 0.340 e. The minimum Gasteiger partial charge on any atom is -0.497 e. The number of nitrogens with zero attached hydrogens (tertiary/aromatic N) is 2. The van der Waals surface area contributed by atoms with Crippen molar-refractivity contribution in [1.82, 2.24) is 4.98 Å². The van der Waals surface area contributed by atoms with E-state index < -0.39 is 5.97 Å². The number of esters is 1. The molecule has 3 rings (SSSR count). The molecule has 1 unspecified atom stereocenters. The molecule has 8 nitrogen and oxygen atoms in total. The number of pyridine rings is 1. The molecule has 1 aliphatic heterocycles. The van der Waals surface area contributed by atoms with Crippen LogP contribution in [0.3, 0.4) is 0 Å². The average molecular weight is 456 g/mol. The lowest BCUT2D eigenvalue weighted by atomic mass is 9.96. The Balaban J connectivity index is 1.84. The van der Waals surface area contributed by atoms with E-state index in [0.717, 1.165) is 36.1 Å². The summed E-state index contributed by atoms with van der Waals surface area (Å²) in [6.07, 6.45) is 0.711. The lowest BCUT2D eigenvalue weighted by Crippen LogP contribution is -3.11. The molecule has 1 aromatic heterocycles. The van der Waals surface area contributed by atoms with Crippen molar-refractivity contribution >= 4 is 29.3 Å². The Morgan fingerprint density at radius 2 is 2.03 bits per heavy atom. The molecular weight excluding hydrogens is 428 g/mol. The fraction of sp³-hybridized carbons (Fsp3) is 0.391.